The molecule has 0 aliphatic carbocycles. The highest BCUT2D eigenvalue weighted by molar-refractivity contribution is 5.91. The van der Waals surface area contributed by atoms with Gasteiger partial charge in [0.2, 0.25) is 0 Å². The van der Waals surface area contributed by atoms with Gasteiger partial charge in [0.15, 0.2) is 6.61 Å². The SMILES string of the molecule is CCC(C)(C)NC(=O)COC(=O)c1ccc(OCc2ccccc2)cc1. The van der Waals surface area contributed by atoms with Crippen LogP contribution >= 0.6 is 0 Å². The summed E-state index contributed by atoms with van der Waals surface area (Å²) >= 11 is 0. The third-order valence-electron chi connectivity index (χ3n) is 4.03. The summed E-state index contributed by atoms with van der Waals surface area (Å²) in [6, 6.07) is 16.5. The predicted octanol–water partition coefficient (Wildman–Crippen LogP) is 3.73. The van der Waals surface area contributed by atoms with Gasteiger partial charge >= 0.3 is 5.97 Å². The number of carbonyl (C=O) groups is 2. The highest BCUT2D eigenvalue weighted by Crippen LogP contribution is 2.15. The molecule has 1 N–H and O–H groups in total. The zero-order valence-electron chi connectivity index (χ0n) is 15.5. The molecule has 1 amide bonds. The van der Waals surface area contributed by atoms with Crippen LogP contribution in [0, 0.1) is 0 Å². The molecule has 2 rings (SSSR count). The maximum absolute atomic E-state index is 12.0. The molecule has 0 bridgehead atoms. The summed E-state index contributed by atoms with van der Waals surface area (Å²) < 4.78 is 10.7. The number of ether oxygens (including phenoxy) is 2. The van der Waals surface area contributed by atoms with E-state index in [1.807, 2.05) is 51.1 Å². The van der Waals surface area contributed by atoms with Crippen molar-refractivity contribution in [1.29, 1.82) is 0 Å². The molecule has 0 radical (unpaired) electrons. The van der Waals surface area contributed by atoms with Gasteiger partial charge in [-0.05, 0) is 50.1 Å². The lowest BCUT2D eigenvalue weighted by atomic mass is 10.0. The van der Waals surface area contributed by atoms with Gasteiger partial charge in [0.25, 0.3) is 5.91 Å². The molecule has 0 aliphatic heterocycles. The fourth-order valence-corrected chi connectivity index (χ4v) is 2.14. The van der Waals surface area contributed by atoms with E-state index in [2.05, 4.69) is 5.32 Å². The van der Waals surface area contributed by atoms with Gasteiger partial charge in [-0.1, -0.05) is 37.3 Å². The summed E-state index contributed by atoms with van der Waals surface area (Å²) in [5.41, 5.74) is 1.12. The first-order valence-electron chi connectivity index (χ1n) is 8.64. The number of nitrogens with one attached hydrogen (secondary N) is 1. The molecule has 0 aromatic heterocycles. The standard InChI is InChI=1S/C21H25NO4/c1-4-21(2,3)22-19(23)15-26-20(24)17-10-12-18(13-11-17)25-14-16-8-6-5-7-9-16/h5-13H,4,14-15H2,1-3H3,(H,22,23). The van der Waals surface area contributed by atoms with Crippen LogP contribution in [0.1, 0.15) is 43.1 Å². The fraction of sp³-hybridized carbons (Fsp3) is 0.333. The van der Waals surface area contributed by atoms with E-state index in [0.717, 1.165) is 12.0 Å². The molecule has 26 heavy (non-hydrogen) atoms. The molecule has 0 saturated heterocycles. The average molecular weight is 355 g/mol. The summed E-state index contributed by atoms with van der Waals surface area (Å²) in [5, 5.41) is 2.82. The van der Waals surface area contributed by atoms with Crippen LogP contribution in [-0.4, -0.2) is 24.0 Å². The molecule has 0 spiro atoms. The Morgan fingerprint density at radius 2 is 1.65 bits per heavy atom. The zero-order chi connectivity index (χ0) is 19.0. The Labute approximate surface area is 154 Å². The summed E-state index contributed by atoms with van der Waals surface area (Å²) in [4.78, 5) is 23.9. The second-order valence-corrected chi connectivity index (χ2v) is 6.66. The van der Waals surface area contributed by atoms with Gasteiger partial charge in [0, 0.05) is 5.54 Å². The Hall–Kier alpha value is -2.82. The second kappa shape index (κ2) is 9.04. The van der Waals surface area contributed by atoms with Crippen molar-refractivity contribution >= 4 is 11.9 Å². The van der Waals surface area contributed by atoms with Crippen LogP contribution in [0.15, 0.2) is 54.6 Å². The molecule has 2 aromatic carbocycles. The Kier molecular flexibility index (Phi) is 6.78. The molecule has 0 heterocycles. The van der Waals surface area contributed by atoms with Gasteiger partial charge in [-0.15, -0.1) is 0 Å². The normalized spacial score (nSPS) is 10.9. The van der Waals surface area contributed by atoms with E-state index in [9.17, 15) is 9.59 Å². The van der Waals surface area contributed by atoms with Crippen molar-refractivity contribution in [2.45, 2.75) is 39.3 Å². The van der Waals surface area contributed by atoms with Gasteiger partial charge in [0.05, 0.1) is 5.56 Å². The van der Waals surface area contributed by atoms with E-state index in [-0.39, 0.29) is 18.1 Å². The van der Waals surface area contributed by atoms with Crippen LogP contribution < -0.4 is 10.1 Å². The van der Waals surface area contributed by atoms with Crippen LogP contribution in [-0.2, 0) is 16.1 Å². The van der Waals surface area contributed by atoms with E-state index in [4.69, 9.17) is 9.47 Å². The number of rotatable bonds is 8. The minimum absolute atomic E-state index is 0.297. The van der Waals surface area contributed by atoms with E-state index >= 15 is 0 Å². The molecule has 5 nitrogen and oxygen atoms in total. The number of benzene rings is 2. The number of hydrogen-bond donors (Lipinski definition) is 1. The summed E-state index contributed by atoms with van der Waals surface area (Å²) in [7, 11) is 0. The van der Waals surface area contributed by atoms with Crippen molar-refractivity contribution in [1.82, 2.24) is 5.32 Å². The Morgan fingerprint density at radius 1 is 1.00 bits per heavy atom. The summed E-state index contributed by atoms with van der Waals surface area (Å²) in [6.45, 7) is 5.97. The molecule has 0 saturated carbocycles. The smallest absolute Gasteiger partial charge is 0.338 e. The molecule has 5 heteroatoms. The Balaban J connectivity index is 1.81. The summed E-state index contributed by atoms with van der Waals surface area (Å²) in [6.07, 6.45) is 0.789. The molecule has 138 valence electrons. The van der Waals surface area contributed by atoms with E-state index < -0.39 is 5.97 Å². The first kappa shape index (κ1) is 19.5. The number of esters is 1. The van der Waals surface area contributed by atoms with Crippen molar-refractivity contribution in [3.05, 3.63) is 65.7 Å². The molecule has 0 atom stereocenters. The lowest BCUT2D eigenvalue weighted by Gasteiger charge is -2.24. The monoisotopic (exact) mass is 355 g/mol. The minimum atomic E-state index is -0.538. The molecule has 0 fully saturated rings. The number of hydrogen-bond acceptors (Lipinski definition) is 4. The minimum Gasteiger partial charge on any atom is -0.489 e. The highest BCUT2D eigenvalue weighted by atomic mass is 16.5. The van der Waals surface area contributed by atoms with E-state index in [1.165, 1.54) is 0 Å². The van der Waals surface area contributed by atoms with Crippen molar-refractivity contribution in [3.8, 4) is 5.75 Å². The van der Waals surface area contributed by atoms with Crippen molar-refractivity contribution in [2.75, 3.05) is 6.61 Å². The maximum Gasteiger partial charge on any atom is 0.338 e. The zero-order valence-corrected chi connectivity index (χ0v) is 15.5. The van der Waals surface area contributed by atoms with Gasteiger partial charge in [-0.3, -0.25) is 4.79 Å². The van der Waals surface area contributed by atoms with Gasteiger partial charge in [-0.25, -0.2) is 4.79 Å². The third-order valence-corrected chi connectivity index (χ3v) is 4.03. The number of amides is 1. The second-order valence-electron chi connectivity index (χ2n) is 6.66. The molecular weight excluding hydrogens is 330 g/mol. The molecular formula is C21H25NO4. The first-order chi connectivity index (χ1) is 12.4. The maximum atomic E-state index is 12.0. The highest BCUT2D eigenvalue weighted by Gasteiger charge is 2.19. The predicted molar refractivity (Wildman–Crippen MR) is 100 cm³/mol. The van der Waals surface area contributed by atoms with Crippen molar-refractivity contribution in [3.63, 3.8) is 0 Å². The average Bonchev–Trinajstić information content (AvgIpc) is 2.65. The van der Waals surface area contributed by atoms with Gasteiger partial charge < -0.3 is 14.8 Å². The van der Waals surface area contributed by atoms with Crippen LogP contribution in [0.2, 0.25) is 0 Å². The largest absolute Gasteiger partial charge is 0.489 e. The summed E-state index contributed by atoms with van der Waals surface area (Å²) in [5.74, 6) is -0.190. The fourth-order valence-electron chi connectivity index (χ4n) is 2.14. The topological polar surface area (TPSA) is 64.6 Å². The lowest BCUT2D eigenvalue weighted by Crippen LogP contribution is -2.44. The third kappa shape index (κ3) is 6.24. The molecule has 0 unspecified atom stereocenters. The number of carbonyl (C=O) groups excluding carboxylic acids is 2. The molecule has 0 aliphatic rings. The first-order valence-corrected chi connectivity index (χ1v) is 8.64. The van der Waals surface area contributed by atoms with Crippen molar-refractivity contribution in [2.24, 2.45) is 0 Å². The van der Waals surface area contributed by atoms with Crippen LogP contribution in [0.3, 0.4) is 0 Å². The van der Waals surface area contributed by atoms with Crippen LogP contribution in [0.4, 0.5) is 0 Å². The quantitative estimate of drug-likeness (QED) is 0.733. The van der Waals surface area contributed by atoms with Crippen LogP contribution in [0.25, 0.3) is 0 Å². The van der Waals surface area contributed by atoms with Gasteiger partial charge in [-0.2, -0.15) is 0 Å². The Morgan fingerprint density at radius 3 is 2.27 bits per heavy atom. The van der Waals surface area contributed by atoms with Gasteiger partial charge in [0.1, 0.15) is 12.4 Å². The lowest BCUT2D eigenvalue weighted by molar-refractivity contribution is -0.125. The van der Waals surface area contributed by atoms with E-state index in [1.54, 1.807) is 24.3 Å². The van der Waals surface area contributed by atoms with Crippen LogP contribution in [0.5, 0.6) is 5.75 Å². The Bertz CT molecular complexity index is 723. The molecule has 2 aromatic rings. The van der Waals surface area contributed by atoms with Crippen molar-refractivity contribution < 1.29 is 19.1 Å². The van der Waals surface area contributed by atoms with E-state index in [0.29, 0.717) is 17.9 Å².